The zero-order valence-corrected chi connectivity index (χ0v) is 15.2. The minimum absolute atomic E-state index is 0. The van der Waals surface area contributed by atoms with Gasteiger partial charge < -0.3 is 5.32 Å². The van der Waals surface area contributed by atoms with Gasteiger partial charge in [-0.3, -0.25) is 0 Å². The van der Waals surface area contributed by atoms with Gasteiger partial charge in [-0.1, -0.05) is 60.6 Å². The molecule has 0 aromatic heterocycles. The predicted molar refractivity (Wildman–Crippen MR) is 107 cm³/mol. The molecule has 0 fully saturated rings. The van der Waals surface area contributed by atoms with Crippen LogP contribution in [0.15, 0.2) is 66.7 Å². The number of alkyl halides is 3. The maximum atomic E-state index is 12.9. The number of nitrogens with one attached hydrogen (secondary N) is 1. The molecule has 1 N–H and O–H groups in total. The van der Waals surface area contributed by atoms with E-state index in [0.717, 1.165) is 12.1 Å². The van der Waals surface area contributed by atoms with Crippen LogP contribution in [0.2, 0.25) is 0 Å². The minimum atomic E-state index is -4.45. The highest BCUT2D eigenvalue weighted by Gasteiger charge is 2.30. The summed E-state index contributed by atoms with van der Waals surface area (Å²) in [6, 6.07) is 10.2. The maximum Gasteiger partial charge on any atom is 0.416 e. The summed E-state index contributed by atoms with van der Waals surface area (Å²) in [5, 5.41) is 3.65. The molecule has 3 aromatic carbocycles. The molecule has 0 bridgehead atoms. The van der Waals surface area contributed by atoms with Gasteiger partial charge in [0.2, 0.25) is 0 Å². The largest absolute Gasteiger partial charge is 0.416 e. The molecular weight excluding hydrogens is 371 g/mol. The Balaban J connectivity index is 0.00000385. The molecule has 0 aliphatic carbocycles. The van der Waals surface area contributed by atoms with E-state index < -0.39 is 24.6 Å². The van der Waals surface area contributed by atoms with E-state index >= 15 is 0 Å². The fourth-order valence-electron chi connectivity index (χ4n) is 2.80. The van der Waals surface area contributed by atoms with Gasteiger partial charge in [0.1, 0.15) is 0 Å². The van der Waals surface area contributed by atoms with Crippen molar-refractivity contribution >= 4 is 23.2 Å². The summed E-state index contributed by atoms with van der Waals surface area (Å²) in [6.45, 7) is -2.84. The van der Waals surface area contributed by atoms with Gasteiger partial charge in [-0.05, 0) is 54.2 Å². The third-order valence-corrected chi connectivity index (χ3v) is 4.10. The van der Waals surface area contributed by atoms with Crippen molar-refractivity contribution in [3.63, 3.8) is 0 Å². The van der Waals surface area contributed by atoms with Crippen LogP contribution in [0.25, 0.3) is 10.8 Å². The van der Waals surface area contributed by atoms with E-state index in [2.05, 4.69) is 5.32 Å². The normalized spacial score (nSPS) is 17.4. The number of hydrogen-bond acceptors (Lipinski definition) is 1. The molecule has 1 nitrogen and oxygen atoms in total. The highest BCUT2D eigenvalue weighted by molar-refractivity contribution is 5.86. The van der Waals surface area contributed by atoms with Crippen molar-refractivity contribution in [1.29, 1.82) is 0 Å². The SMILES string of the molecule is Cl.[2H]c1cc2ccccc2c([C@]([2H])(NCCCc2cccc(C(F)(F)F)c2)C([2H])([2H])[2H])c1[2H]. The van der Waals surface area contributed by atoms with Gasteiger partial charge in [0.25, 0.3) is 0 Å². The van der Waals surface area contributed by atoms with Crippen LogP contribution in [0, 0.1) is 0 Å². The molecule has 0 radical (unpaired) electrons. The molecule has 0 spiro atoms. The second-order valence-corrected chi connectivity index (χ2v) is 5.98. The van der Waals surface area contributed by atoms with Crippen LogP contribution >= 0.6 is 12.4 Å². The Hall–Kier alpha value is -2.04. The van der Waals surface area contributed by atoms with Gasteiger partial charge in [0.05, 0.1) is 9.68 Å². The fourth-order valence-corrected chi connectivity index (χ4v) is 2.80. The third-order valence-electron chi connectivity index (χ3n) is 4.10. The van der Waals surface area contributed by atoms with Crippen LogP contribution in [0.1, 0.15) is 44.2 Å². The number of halogens is 4. The Bertz CT molecular complexity index is 1120. The first-order valence-corrected chi connectivity index (χ1v) is 8.25. The molecule has 0 aliphatic heterocycles. The Morgan fingerprint density at radius 3 is 2.74 bits per heavy atom. The predicted octanol–water partition coefficient (Wildman–Crippen LogP) is 6.56. The molecule has 3 aromatic rings. The summed E-state index contributed by atoms with van der Waals surface area (Å²) in [4.78, 5) is 0. The summed E-state index contributed by atoms with van der Waals surface area (Å²) in [5.74, 6) is 0. The first-order chi connectivity index (χ1) is 14.8. The van der Waals surface area contributed by atoms with Crippen LogP contribution in [-0.2, 0) is 12.6 Å². The molecule has 27 heavy (non-hydrogen) atoms. The smallest absolute Gasteiger partial charge is 0.310 e. The fraction of sp³-hybridized carbons (Fsp3) is 0.273. The molecule has 1 atom stereocenters. The number of hydrogen-bond donors (Lipinski definition) is 1. The molecule has 0 aliphatic rings. The average Bonchev–Trinajstić information content (AvgIpc) is 2.71. The van der Waals surface area contributed by atoms with Crippen LogP contribution in [0.4, 0.5) is 13.2 Å². The lowest BCUT2D eigenvalue weighted by atomic mass is 9.99. The van der Waals surface area contributed by atoms with E-state index in [9.17, 15) is 13.2 Å². The lowest BCUT2D eigenvalue weighted by Gasteiger charge is -2.17. The number of rotatable bonds is 6. The van der Waals surface area contributed by atoms with E-state index in [1.54, 1.807) is 30.3 Å². The Kier molecular flexibility index (Phi) is 4.80. The Labute approximate surface area is 172 Å². The van der Waals surface area contributed by atoms with Crippen LogP contribution in [-0.4, -0.2) is 6.54 Å². The number of aryl methyl sites for hydroxylation is 1. The van der Waals surface area contributed by atoms with Crippen molar-refractivity contribution in [1.82, 2.24) is 5.32 Å². The number of benzene rings is 3. The topological polar surface area (TPSA) is 12.0 Å². The molecular formula is C22H23ClF3N. The van der Waals surface area contributed by atoms with Crippen LogP contribution < -0.4 is 5.32 Å². The van der Waals surface area contributed by atoms with Gasteiger partial charge in [-0.25, -0.2) is 0 Å². The minimum Gasteiger partial charge on any atom is -0.310 e. The van der Waals surface area contributed by atoms with Crippen molar-refractivity contribution in [2.45, 2.75) is 31.9 Å². The highest BCUT2D eigenvalue weighted by atomic mass is 35.5. The van der Waals surface area contributed by atoms with E-state index in [0.29, 0.717) is 16.3 Å². The molecule has 144 valence electrons. The molecule has 3 rings (SSSR count). The molecule has 0 amide bonds. The molecule has 0 heterocycles. The zero-order valence-electron chi connectivity index (χ0n) is 20.4. The zero-order chi connectivity index (χ0) is 23.7. The number of fused-ring (bicyclic) bond motifs is 1. The van der Waals surface area contributed by atoms with Crippen LogP contribution in [0.5, 0.6) is 0 Å². The summed E-state index contributed by atoms with van der Waals surface area (Å²) in [5.41, 5.74) is -0.414. The molecule has 0 saturated heterocycles. The lowest BCUT2D eigenvalue weighted by molar-refractivity contribution is -0.137. The summed E-state index contributed by atoms with van der Waals surface area (Å²) in [7, 11) is 0. The van der Waals surface area contributed by atoms with Gasteiger partial charge in [-0.2, -0.15) is 13.2 Å². The third kappa shape index (κ3) is 5.47. The standard InChI is InChI=1S/C22H22F3N.ClH/c1-16(20-13-5-10-18-9-2-3-12-21(18)20)26-14-6-8-17-7-4-11-19(15-17)22(23,24)25;/h2-5,7,9-13,15-16,26H,6,8,14H2,1H3;1H/t16-;/m1./s1/i1D3,5D,13D,16D;. The second kappa shape index (κ2) is 9.25. The van der Waals surface area contributed by atoms with Gasteiger partial charge in [0.15, 0.2) is 0 Å². The van der Waals surface area contributed by atoms with Crippen molar-refractivity contribution in [2.24, 2.45) is 0 Å². The van der Waals surface area contributed by atoms with Crippen molar-refractivity contribution in [2.75, 3.05) is 6.54 Å². The van der Waals surface area contributed by atoms with Gasteiger partial charge in [-0.15, -0.1) is 12.4 Å². The van der Waals surface area contributed by atoms with E-state index in [1.165, 1.54) is 12.1 Å². The lowest BCUT2D eigenvalue weighted by Crippen LogP contribution is -2.20. The summed E-state index contributed by atoms with van der Waals surface area (Å²) >= 11 is 0. The first kappa shape index (κ1) is 14.0. The molecule has 0 saturated carbocycles. The van der Waals surface area contributed by atoms with E-state index in [1.807, 2.05) is 0 Å². The highest BCUT2D eigenvalue weighted by Crippen LogP contribution is 2.29. The van der Waals surface area contributed by atoms with Crippen molar-refractivity contribution in [3.8, 4) is 0 Å². The van der Waals surface area contributed by atoms with Gasteiger partial charge >= 0.3 is 6.18 Å². The molecule has 0 unspecified atom stereocenters. The Morgan fingerprint density at radius 2 is 1.96 bits per heavy atom. The van der Waals surface area contributed by atoms with E-state index in [-0.39, 0.29) is 49.4 Å². The quantitative estimate of drug-likeness (QED) is 0.462. The van der Waals surface area contributed by atoms with Crippen LogP contribution in [0.3, 0.4) is 0 Å². The van der Waals surface area contributed by atoms with Gasteiger partial charge in [0, 0.05) is 10.1 Å². The van der Waals surface area contributed by atoms with Crippen molar-refractivity contribution in [3.05, 3.63) is 83.4 Å². The van der Waals surface area contributed by atoms with Crippen molar-refractivity contribution < 1.29 is 21.4 Å². The summed E-state index contributed by atoms with van der Waals surface area (Å²) < 4.78 is 87.8. The first-order valence-electron chi connectivity index (χ1n) is 11.3. The monoisotopic (exact) mass is 399 g/mol. The summed E-state index contributed by atoms with van der Waals surface area (Å²) in [6.07, 6.45) is -3.91. The Morgan fingerprint density at radius 1 is 1.15 bits per heavy atom. The van der Waals surface area contributed by atoms with E-state index in [4.69, 9.17) is 8.22 Å². The molecule has 5 heteroatoms. The maximum absolute atomic E-state index is 12.9. The second-order valence-electron chi connectivity index (χ2n) is 5.98. The average molecular weight is 400 g/mol.